The Morgan fingerprint density at radius 2 is 1.65 bits per heavy atom. The van der Waals surface area contributed by atoms with Crippen LogP contribution in [0.25, 0.3) is 0 Å². The molecule has 6 rings (SSSR count). The van der Waals surface area contributed by atoms with Crippen LogP contribution in [0.2, 0.25) is 0 Å². The molecule has 2 bridgehead atoms. The average Bonchev–Trinajstić information content (AvgIpc) is 3.42. The number of hydrogen-bond acceptors (Lipinski definition) is 6. The van der Waals surface area contributed by atoms with Gasteiger partial charge in [-0.2, -0.15) is 0 Å². The molecule has 2 aliphatic carbocycles. The number of carbonyl (C=O) groups excluding carboxylic acids is 3. The van der Waals surface area contributed by atoms with Gasteiger partial charge in [-0.15, -0.1) is 0 Å². The number of ketones is 1. The molecule has 0 unspecified atom stereocenters. The van der Waals surface area contributed by atoms with Gasteiger partial charge >= 0.3 is 5.97 Å². The quantitative estimate of drug-likeness (QED) is 0.0970. The maximum Gasteiger partial charge on any atom is 0.308 e. The predicted octanol–water partition coefficient (Wildman–Crippen LogP) is 7.85. The summed E-state index contributed by atoms with van der Waals surface area (Å²) < 4.78 is 12.7. The van der Waals surface area contributed by atoms with E-state index in [1.807, 2.05) is 6.07 Å². The number of unbranched alkanes of at least 4 members (excludes halogenated alkanes) is 7. The highest BCUT2D eigenvalue weighted by atomic mass is 16.6. The Bertz CT molecular complexity index is 1470. The molecule has 49 heavy (non-hydrogen) atoms. The van der Waals surface area contributed by atoms with Crippen molar-refractivity contribution >= 4 is 17.7 Å². The lowest BCUT2D eigenvalue weighted by atomic mass is 9.51. The minimum Gasteiger partial charge on any atom is -0.483 e. The van der Waals surface area contributed by atoms with Crippen molar-refractivity contribution in [1.82, 2.24) is 9.80 Å². The number of piperidine rings is 1. The van der Waals surface area contributed by atoms with Crippen LogP contribution in [0.3, 0.4) is 0 Å². The molecule has 7 heteroatoms. The number of amides is 1. The summed E-state index contributed by atoms with van der Waals surface area (Å²) in [5.74, 6) is 1.97. The Balaban J connectivity index is 1.10. The van der Waals surface area contributed by atoms with E-state index in [-0.39, 0.29) is 41.3 Å². The van der Waals surface area contributed by atoms with E-state index in [9.17, 15) is 14.4 Å². The second-order valence-corrected chi connectivity index (χ2v) is 15.8. The van der Waals surface area contributed by atoms with E-state index >= 15 is 0 Å². The van der Waals surface area contributed by atoms with Crippen LogP contribution in [0.1, 0.15) is 121 Å². The number of Topliss-reactive ketones (excluding diaryl/α,β-unsaturated/α-hetero) is 1. The van der Waals surface area contributed by atoms with Crippen LogP contribution in [-0.2, 0) is 32.6 Å². The monoisotopic (exact) mass is 670 g/mol. The van der Waals surface area contributed by atoms with Gasteiger partial charge < -0.3 is 14.4 Å². The van der Waals surface area contributed by atoms with Crippen LogP contribution in [-0.4, -0.2) is 65.3 Å². The lowest BCUT2D eigenvalue weighted by Crippen LogP contribution is -2.69. The standard InChI is InChI=1S/C42H58N2O5/c1-29(2)27-44(38(47)19-15-10-8-6-5-7-9-12-16-32-17-13-11-14-18-32)35-22-21-34-36-26-33-20-23-37(48-31(4)46)40-39(33)42(34,41(35)49-40)24-25-43(36)28-30(3)45/h11,13-14,17-18,20,23,29,34-36,41H,5-10,12,15-16,19,21-22,24-28H2,1-4H3/t34-,35-,36+,41-,42-/m0/s1. The maximum atomic E-state index is 14.1. The topological polar surface area (TPSA) is 76.2 Å². The third kappa shape index (κ3) is 7.62. The molecule has 5 atom stereocenters. The summed E-state index contributed by atoms with van der Waals surface area (Å²) >= 11 is 0. The molecular formula is C42H58N2O5. The molecule has 7 nitrogen and oxygen atoms in total. The number of benzene rings is 2. The van der Waals surface area contributed by atoms with Crippen LogP contribution < -0.4 is 9.47 Å². The number of esters is 1. The minimum absolute atomic E-state index is 0.0365. The number of hydrogen-bond donors (Lipinski definition) is 0. The average molecular weight is 671 g/mol. The Morgan fingerprint density at radius 1 is 0.939 bits per heavy atom. The third-order valence-electron chi connectivity index (χ3n) is 11.8. The first-order valence-electron chi connectivity index (χ1n) is 19.3. The molecule has 2 aliphatic heterocycles. The summed E-state index contributed by atoms with van der Waals surface area (Å²) in [6.45, 7) is 9.54. The van der Waals surface area contributed by atoms with Gasteiger partial charge in [0, 0.05) is 36.9 Å². The number of carbonyl (C=O) groups is 3. The number of aryl methyl sites for hydroxylation is 1. The Hall–Kier alpha value is -3.19. The van der Waals surface area contributed by atoms with Gasteiger partial charge in [-0.05, 0) is 87.4 Å². The first-order valence-corrected chi connectivity index (χ1v) is 19.3. The predicted molar refractivity (Wildman–Crippen MR) is 193 cm³/mol. The van der Waals surface area contributed by atoms with Crippen molar-refractivity contribution < 1.29 is 23.9 Å². The fourth-order valence-corrected chi connectivity index (χ4v) is 9.89. The Morgan fingerprint density at radius 3 is 2.35 bits per heavy atom. The summed E-state index contributed by atoms with van der Waals surface area (Å²) in [5, 5.41) is 0. The highest BCUT2D eigenvalue weighted by molar-refractivity contribution is 5.78. The second-order valence-electron chi connectivity index (χ2n) is 15.8. The van der Waals surface area contributed by atoms with Crippen LogP contribution in [0.15, 0.2) is 42.5 Å². The van der Waals surface area contributed by atoms with Gasteiger partial charge in [-0.3, -0.25) is 19.3 Å². The highest BCUT2D eigenvalue weighted by Gasteiger charge is 2.66. The first kappa shape index (κ1) is 35.6. The normalized spacial score (nSPS) is 25.1. The molecule has 2 fully saturated rings. The maximum absolute atomic E-state index is 14.1. The van der Waals surface area contributed by atoms with E-state index in [1.54, 1.807) is 6.92 Å². The van der Waals surface area contributed by atoms with Crippen LogP contribution in [0, 0.1) is 11.8 Å². The van der Waals surface area contributed by atoms with Gasteiger partial charge in [0.05, 0.1) is 12.6 Å². The molecule has 1 saturated heterocycles. The third-order valence-corrected chi connectivity index (χ3v) is 11.8. The van der Waals surface area contributed by atoms with E-state index in [2.05, 4.69) is 60.0 Å². The van der Waals surface area contributed by atoms with E-state index in [4.69, 9.17) is 9.47 Å². The van der Waals surface area contributed by atoms with Crippen molar-refractivity contribution in [2.24, 2.45) is 11.8 Å². The number of likely N-dealkylation sites (tertiary alicyclic amines) is 1. The Labute approximate surface area is 294 Å². The zero-order chi connectivity index (χ0) is 34.5. The first-order chi connectivity index (χ1) is 23.7. The summed E-state index contributed by atoms with van der Waals surface area (Å²) in [4.78, 5) is 43.2. The molecule has 0 N–H and O–H groups in total. The van der Waals surface area contributed by atoms with Crippen molar-refractivity contribution in [3.8, 4) is 11.5 Å². The number of ether oxygens (including phenoxy) is 2. The fraction of sp³-hybridized carbons (Fsp3) is 0.643. The van der Waals surface area contributed by atoms with Crippen LogP contribution in [0.4, 0.5) is 0 Å². The van der Waals surface area contributed by atoms with E-state index in [0.717, 1.165) is 45.1 Å². The van der Waals surface area contributed by atoms with Crippen LogP contribution in [0.5, 0.6) is 11.5 Å². The molecule has 1 spiro atoms. The molecule has 1 amide bonds. The Kier molecular flexibility index (Phi) is 11.5. The molecule has 2 aromatic rings. The van der Waals surface area contributed by atoms with Gasteiger partial charge in [-0.1, -0.05) is 88.8 Å². The molecule has 0 radical (unpaired) electrons. The minimum atomic E-state index is -0.357. The van der Waals surface area contributed by atoms with E-state index < -0.39 is 0 Å². The number of rotatable bonds is 17. The smallest absolute Gasteiger partial charge is 0.308 e. The molecule has 0 aromatic heterocycles. The largest absolute Gasteiger partial charge is 0.483 e. The number of nitrogens with zero attached hydrogens (tertiary/aromatic N) is 2. The summed E-state index contributed by atoms with van der Waals surface area (Å²) in [7, 11) is 0. The fourth-order valence-electron chi connectivity index (χ4n) is 9.89. The molecule has 4 aliphatic rings. The van der Waals surface area contributed by atoms with Gasteiger partial charge in [0.15, 0.2) is 11.5 Å². The molecule has 266 valence electrons. The summed E-state index contributed by atoms with van der Waals surface area (Å²) in [5.41, 5.74) is 3.63. The van der Waals surface area contributed by atoms with Crippen molar-refractivity contribution in [3.63, 3.8) is 0 Å². The molecule has 2 heterocycles. The lowest BCUT2D eigenvalue weighted by molar-refractivity contribution is -0.144. The van der Waals surface area contributed by atoms with E-state index in [1.165, 1.54) is 68.6 Å². The molecule has 1 saturated carbocycles. The van der Waals surface area contributed by atoms with Gasteiger partial charge in [-0.25, -0.2) is 0 Å². The second kappa shape index (κ2) is 15.8. The van der Waals surface area contributed by atoms with Crippen molar-refractivity contribution in [1.29, 1.82) is 0 Å². The lowest BCUT2D eigenvalue weighted by Gasteiger charge is -2.60. The highest BCUT2D eigenvalue weighted by Crippen LogP contribution is 2.64. The summed E-state index contributed by atoms with van der Waals surface area (Å²) in [6.07, 6.45) is 14.7. The van der Waals surface area contributed by atoms with Crippen LogP contribution >= 0.6 is 0 Å². The molecular weight excluding hydrogens is 612 g/mol. The van der Waals surface area contributed by atoms with Gasteiger partial charge in [0.2, 0.25) is 5.91 Å². The summed E-state index contributed by atoms with van der Waals surface area (Å²) in [6, 6.07) is 15.0. The zero-order valence-electron chi connectivity index (χ0n) is 30.4. The SMILES string of the molecule is CC(=O)CN1CC[C@]23c4c5ccc(OC(C)=O)c4O[C@H]2[C@@H](N(CC(C)C)C(=O)CCCCCCCCCCc2ccccc2)CC[C@H]3[C@H]1C5. The molecule has 2 aromatic carbocycles. The van der Waals surface area contributed by atoms with Crippen molar-refractivity contribution in [2.75, 3.05) is 19.6 Å². The van der Waals surface area contributed by atoms with Crippen molar-refractivity contribution in [3.05, 3.63) is 59.2 Å². The van der Waals surface area contributed by atoms with Gasteiger partial charge in [0.1, 0.15) is 11.9 Å². The van der Waals surface area contributed by atoms with Gasteiger partial charge in [0.25, 0.3) is 0 Å². The van der Waals surface area contributed by atoms with Crippen molar-refractivity contribution in [2.45, 2.75) is 141 Å². The van der Waals surface area contributed by atoms with E-state index in [0.29, 0.717) is 42.8 Å². The zero-order valence-corrected chi connectivity index (χ0v) is 30.4.